The predicted molar refractivity (Wildman–Crippen MR) is 269 cm³/mol. The molecule has 8 heterocycles. The van der Waals surface area contributed by atoms with E-state index in [4.69, 9.17) is 37.2 Å². The molecule has 0 aromatic heterocycles. The fraction of sp³-hybridized carbons (Fsp3) is 0.667. The molecule has 8 fully saturated rings. The van der Waals surface area contributed by atoms with Gasteiger partial charge in [-0.15, -0.1) is 26.3 Å². The summed E-state index contributed by atoms with van der Waals surface area (Å²) in [6.07, 6.45) is 12.9. The van der Waals surface area contributed by atoms with Crippen LogP contribution in [0.2, 0.25) is 0 Å². The lowest BCUT2D eigenvalue weighted by molar-refractivity contribution is -0.516. The van der Waals surface area contributed by atoms with E-state index in [0.29, 0.717) is 52.4 Å². The van der Waals surface area contributed by atoms with Gasteiger partial charge in [-0.1, -0.05) is 52.0 Å². The highest BCUT2D eigenvalue weighted by atomic mass is 19.3. The minimum Gasteiger partial charge on any atom is -0.591 e. The molecule has 8 atom stereocenters. The van der Waals surface area contributed by atoms with Gasteiger partial charge in [0.2, 0.25) is 22.4 Å². The number of nitrogens with zero attached hydrogens (tertiary/aromatic N) is 4. The second-order valence-electron chi connectivity index (χ2n) is 20.3. The fourth-order valence-corrected chi connectivity index (χ4v) is 11.0. The van der Waals surface area contributed by atoms with Crippen molar-refractivity contribution in [3.63, 3.8) is 0 Å². The third kappa shape index (κ3) is 12.0. The Hall–Kier alpha value is -4.94. The number of hydrogen-bond donors (Lipinski definition) is 0. The maximum absolute atomic E-state index is 13.6. The lowest BCUT2D eigenvalue weighted by Gasteiger charge is -2.30. The molecule has 0 spiro atoms. The first-order valence-electron chi connectivity index (χ1n) is 25.9. The van der Waals surface area contributed by atoms with E-state index in [-0.39, 0.29) is 23.6 Å². The summed E-state index contributed by atoms with van der Waals surface area (Å²) in [6.45, 7) is 30.7. The average molecular weight is 1090 g/mol. The predicted octanol–water partition coefficient (Wildman–Crippen LogP) is 7.05. The topological polar surface area (TPSA) is 154 Å². The Kier molecular flexibility index (Phi) is 19.2. The van der Waals surface area contributed by atoms with Crippen molar-refractivity contribution in [2.75, 3.05) is 52.4 Å². The normalized spacial score (nSPS) is 31.2. The van der Waals surface area contributed by atoms with E-state index < -0.39 is 97.6 Å². The van der Waals surface area contributed by atoms with E-state index >= 15 is 0 Å². The van der Waals surface area contributed by atoms with Gasteiger partial charge in [-0.3, -0.25) is 19.2 Å². The standard InChI is InChI=1S/4C12H18BF2NO3/c4*1-4-9(2)12(10(3)17)11(16-7-5-6-8-16)18-13(14,15)19-12/h4*4,9H,1,5-8H2,2-3H3/t4*9-,12+/m1100/s1. The molecule has 0 amide bonds. The number of carbonyl (C=O) groups excluding carboxylic acids is 4. The number of hydrogen-bond acceptors (Lipinski definition) is 12. The highest BCUT2D eigenvalue weighted by Crippen LogP contribution is 2.43. The smallest absolute Gasteiger partial charge is 0.591 e. The van der Waals surface area contributed by atoms with E-state index in [0.717, 1.165) is 51.4 Å². The summed E-state index contributed by atoms with van der Waals surface area (Å²) in [4.78, 5) is 48.0. The Morgan fingerprint density at radius 2 is 0.526 bits per heavy atom. The van der Waals surface area contributed by atoms with Gasteiger partial charge in [0.25, 0.3) is 0 Å². The molecule has 424 valence electrons. The molecular weight excluding hydrogens is 1020 g/mol. The molecule has 0 bridgehead atoms. The van der Waals surface area contributed by atoms with Gasteiger partial charge in [0, 0.05) is 75.0 Å². The molecule has 0 radical (unpaired) electrons. The second kappa shape index (κ2) is 23.6. The van der Waals surface area contributed by atoms with Crippen LogP contribution in [-0.2, 0) is 56.4 Å². The molecule has 8 saturated heterocycles. The van der Waals surface area contributed by atoms with E-state index in [2.05, 4.69) is 26.3 Å². The molecule has 0 aromatic rings. The highest BCUT2D eigenvalue weighted by molar-refractivity contribution is 6.59. The number of ketones is 4. The molecule has 0 aromatic carbocycles. The van der Waals surface area contributed by atoms with Gasteiger partial charge < -0.3 is 71.8 Å². The van der Waals surface area contributed by atoms with Crippen LogP contribution in [-0.4, -0.2) is 168 Å². The molecule has 0 aliphatic carbocycles. The molecule has 8 aliphatic rings. The van der Waals surface area contributed by atoms with Gasteiger partial charge in [0.1, 0.15) is 52.4 Å². The van der Waals surface area contributed by atoms with Gasteiger partial charge in [-0.2, -0.15) is 0 Å². The van der Waals surface area contributed by atoms with Crippen LogP contribution in [0, 0.1) is 23.7 Å². The zero-order valence-electron chi connectivity index (χ0n) is 44.8. The molecule has 0 saturated carbocycles. The van der Waals surface area contributed by atoms with E-state index in [9.17, 15) is 53.7 Å². The van der Waals surface area contributed by atoms with Gasteiger partial charge in [-0.25, -0.2) is 18.3 Å². The molecule has 76 heavy (non-hydrogen) atoms. The van der Waals surface area contributed by atoms with Crippen molar-refractivity contribution in [3.8, 4) is 0 Å². The van der Waals surface area contributed by atoms with E-state index in [1.807, 2.05) is 0 Å². The van der Waals surface area contributed by atoms with Gasteiger partial charge >= 0.3 is 52.0 Å². The quantitative estimate of drug-likeness (QED) is 0.0852. The van der Waals surface area contributed by atoms with Crippen LogP contribution < -0.4 is 0 Å². The average Bonchev–Trinajstić information content (AvgIpc) is 4.21. The van der Waals surface area contributed by atoms with E-state index in [1.165, 1.54) is 52.0 Å². The summed E-state index contributed by atoms with van der Waals surface area (Å²) in [5, 5.41) is 0. The van der Waals surface area contributed by atoms with Crippen molar-refractivity contribution in [1.29, 1.82) is 0 Å². The molecule has 8 rings (SSSR count). The summed E-state index contributed by atoms with van der Waals surface area (Å²) >= 11 is 0. The summed E-state index contributed by atoms with van der Waals surface area (Å²) in [5.41, 5.74) is -6.96. The molecule has 8 aliphatic heterocycles. The number of carbonyl (C=O) groups is 4. The minimum absolute atomic E-state index is 0.0464. The molecular formula is C48H72B4F8N4O12. The highest BCUT2D eigenvalue weighted by Gasteiger charge is 2.67. The summed E-state index contributed by atoms with van der Waals surface area (Å²) in [6, 6.07) is 0. The fourth-order valence-electron chi connectivity index (χ4n) is 11.0. The summed E-state index contributed by atoms with van der Waals surface area (Å²) < 4.78 is 153. The summed E-state index contributed by atoms with van der Waals surface area (Å²) in [7, 11) is -17.8. The van der Waals surface area contributed by atoms with Crippen molar-refractivity contribution in [1.82, 2.24) is 0 Å². The monoisotopic (exact) mass is 1090 g/mol. The van der Waals surface area contributed by atoms with Crippen molar-refractivity contribution in [2.24, 2.45) is 23.7 Å². The van der Waals surface area contributed by atoms with Crippen LogP contribution in [0.15, 0.2) is 50.6 Å². The number of rotatable bonds is 12. The van der Waals surface area contributed by atoms with Crippen molar-refractivity contribution in [2.45, 2.75) is 129 Å². The second-order valence-corrected chi connectivity index (χ2v) is 20.3. The number of Topliss-reactive ketones (excluding diaryl/α,β-unsaturated/α-hetero) is 4. The zero-order chi connectivity index (χ0) is 57.0. The first-order chi connectivity index (χ1) is 35.3. The lowest BCUT2D eigenvalue weighted by atomic mass is 9.84. The Morgan fingerprint density at radius 3 is 0.645 bits per heavy atom. The summed E-state index contributed by atoms with van der Waals surface area (Å²) in [5.74, 6) is -4.48. The Balaban J connectivity index is 0.000000187. The molecule has 16 nitrogen and oxygen atoms in total. The van der Waals surface area contributed by atoms with Gasteiger partial charge in [0.15, 0.2) is 23.1 Å². The van der Waals surface area contributed by atoms with Gasteiger partial charge in [-0.05, 0) is 27.7 Å². The van der Waals surface area contributed by atoms with Crippen LogP contribution in [0.25, 0.3) is 0 Å². The SMILES string of the molecule is C=C[C@@H](C)[C@@]1(C(C)=O)O[B-](F)(F)OC1=[N+]1CCCC1.C=C[C@@H](C)[C@@]1(C(C)=O)O[B-](F)(F)OC1=[N+]1CCCC1.C=C[C@H](C)[C@]1(C(C)=O)O[B-](F)(F)OC1=[N+]1CCCC1.C=C[C@H](C)[C@]1(C(C)=O)O[B-](F)(F)OC1=[N+]1CCCC1. The lowest BCUT2D eigenvalue weighted by Crippen LogP contribution is -2.52. The third-order valence-corrected chi connectivity index (χ3v) is 15.2. The molecule has 0 N–H and O–H groups in total. The van der Waals surface area contributed by atoms with Crippen molar-refractivity contribution >= 4 is 75.1 Å². The maximum Gasteiger partial charge on any atom is 0.668 e. The first kappa shape index (κ1) is 61.9. The van der Waals surface area contributed by atoms with E-state index in [1.54, 1.807) is 46.0 Å². The molecule has 0 unspecified atom stereocenters. The zero-order valence-corrected chi connectivity index (χ0v) is 44.8. The largest absolute Gasteiger partial charge is 0.668 e. The Morgan fingerprint density at radius 1 is 0.382 bits per heavy atom. The molecule has 28 heteroatoms. The maximum atomic E-state index is 13.6. The minimum atomic E-state index is -4.46. The van der Waals surface area contributed by atoms with Crippen molar-refractivity contribution in [3.05, 3.63) is 50.6 Å². The van der Waals surface area contributed by atoms with Crippen LogP contribution in [0.1, 0.15) is 107 Å². The third-order valence-electron chi connectivity index (χ3n) is 15.2. The van der Waals surface area contributed by atoms with Gasteiger partial charge in [0.05, 0.1) is 0 Å². The number of halogens is 8. The Labute approximate surface area is 439 Å². The van der Waals surface area contributed by atoms with Crippen LogP contribution >= 0.6 is 0 Å². The van der Waals surface area contributed by atoms with Crippen molar-refractivity contribution < 1.29 is 109 Å². The Bertz CT molecular complexity index is 2110. The van der Waals surface area contributed by atoms with Crippen LogP contribution in [0.3, 0.4) is 0 Å². The van der Waals surface area contributed by atoms with Crippen LogP contribution in [0.5, 0.6) is 0 Å². The van der Waals surface area contributed by atoms with Crippen LogP contribution in [0.4, 0.5) is 34.5 Å². The first-order valence-corrected chi connectivity index (χ1v) is 25.9.